The van der Waals surface area contributed by atoms with Crippen molar-refractivity contribution in [2.75, 3.05) is 13.1 Å². The number of hydrogen-bond acceptors (Lipinski definition) is 5. The van der Waals surface area contributed by atoms with Gasteiger partial charge in [0.2, 0.25) is 0 Å². The maximum absolute atomic E-state index is 12.9. The van der Waals surface area contributed by atoms with Gasteiger partial charge in [-0.2, -0.15) is 4.68 Å². The van der Waals surface area contributed by atoms with Crippen molar-refractivity contribution >= 4 is 17.7 Å². The van der Waals surface area contributed by atoms with Gasteiger partial charge in [0.1, 0.15) is 11.1 Å². The van der Waals surface area contributed by atoms with E-state index in [1.165, 1.54) is 35.1 Å². The molecule has 2 atom stereocenters. The third kappa shape index (κ3) is 2.78. The van der Waals surface area contributed by atoms with Gasteiger partial charge in [-0.05, 0) is 45.3 Å². The molecule has 1 aromatic heterocycles. The van der Waals surface area contributed by atoms with Gasteiger partial charge in [-0.3, -0.25) is 9.69 Å². The molecule has 2 unspecified atom stereocenters. The Morgan fingerprint density at radius 3 is 2.50 bits per heavy atom. The Labute approximate surface area is 146 Å². The van der Waals surface area contributed by atoms with Gasteiger partial charge in [0.15, 0.2) is 5.16 Å². The van der Waals surface area contributed by atoms with Gasteiger partial charge in [-0.1, -0.05) is 48.0 Å². The smallest absolute Gasteiger partial charge is 0.264 e. The Kier molecular flexibility index (Phi) is 4.18. The molecule has 2 aromatic rings. The molecule has 0 spiro atoms. The van der Waals surface area contributed by atoms with E-state index < -0.39 is 0 Å². The maximum Gasteiger partial charge on any atom is 0.264 e. The van der Waals surface area contributed by atoms with E-state index in [0.717, 1.165) is 18.2 Å². The number of carbonyl (C=O) groups excluding carboxylic acids is 1. The van der Waals surface area contributed by atoms with Crippen molar-refractivity contribution in [3.8, 4) is 0 Å². The fourth-order valence-corrected chi connectivity index (χ4v) is 4.94. The highest BCUT2D eigenvalue weighted by Crippen LogP contribution is 2.41. The molecular weight excluding hydrogens is 320 g/mol. The lowest BCUT2D eigenvalue weighted by molar-refractivity contribution is 0.0818. The number of rotatable bonds is 3. The number of piperidine rings is 1. The molecule has 0 N–H and O–H groups in total. The Morgan fingerprint density at radius 1 is 1.12 bits per heavy atom. The summed E-state index contributed by atoms with van der Waals surface area (Å²) in [5, 5.41) is 4.84. The van der Waals surface area contributed by atoms with Crippen LogP contribution in [0.15, 0.2) is 29.4 Å². The molecule has 126 valence electrons. The molecule has 2 aliphatic heterocycles. The van der Waals surface area contributed by atoms with Crippen molar-refractivity contribution in [2.24, 2.45) is 0 Å². The predicted octanol–water partition coefficient (Wildman–Crippen LogP) is 3.24. The lowest BCUT2D eigenvalue weighted by Gasteiger charge is -2.37. The normalized spacial score (nSPS) is 22.6. The zero-order valence-corrected chi connectivity index (χ0v) is 14.9. The molecule has 2 aliphatic rings. The van der Waals surface area contributed by atoms with E-state index in [1.54, 1.807) is 11.8 Å². The van der Waals surface area contributed by atoms with E-state index in [1.807, 2.05) is 6.92 Å². The summed E-state index contributed by atoms with van der Waals surface area (Å²) in [6.07, 6.45) is 3.69. The van der Waals surface area contributed by atoms with E-state index in [0.29, 0.717) is 5.82 Å². The molecule has 0 amide bonds. The van der Waals surface area contributed by atoms with Gasteiger partial charge in [0.25, 0.3) is 5.91 Å². The molecule has 1 aromatic carbocycles. The average Bonchev–Trinajstić information content (AvgIpc) is 3.09. The minimum absolute atomic E-state index is 0.0618. The second-order valence-corrected chi connectivity index (χ2v) is 7.79. The third-order valence-corrected chi connectivity index (χ3v) is 6.05. The van der Waals surface area contributed by atoms with Crippen molar-refractivity contribution in [2.45, 2.75) is 49.6 Å². The summed E-state index contributed by atoms with van der Waals surface area (Å²) in [5.74, 6) is 0.723. The summed E-state index contributed by atoms with van der Waals surface area (Å²) in [6, 6.07) is 8.70. The van der Waals surface area contributed by atoms with Gasteiger partial charge < -0.3 is 0 Å². The van der Waals surface area contributed by atoms with Crippen molar-refractivity contribution in [1.29, 1.82) is 0 Å². The molecule has 0 saturated carbocycles. The number of aryl methyl sites for hydroxylation is 2. The Balaban J connectivity index is 1.69. The minimum atomic E-state index is -0.165. The SMILES string of the molecule is Cc1ccc(C(C2Sc3nc(C)nn3C2=O)N2CCCCC2)cc1. The minimum Gasteiger partial charge on any atom is -0.295 e. The zero-order valence-electron chi connectivity index (χ0n) is 14.1. The van der Waals surface area contributed by atoms with E-state index in [-0.39, 0.29) is 17.2 Å². The largest absolute Gasteiger partial charge is 0.295 e. The fraction of sp³-hybridized carbons (Fsp3) is 0.500. The summed E-state index contributed by atoms with van der Waals surface area (Å²) >= 11 is 1.56. The standard InChI is InChI=1S/C18H22N4OS/c1-12-6-8-14(9-7-12)15(21-10-4-3-5-11-21)16-17(23)22-18(24-16)19-13(2)20-22/h6-9,15-16H,3-5,10-11H2,1-2H3. The first-order chi connectivity index (χ1) is 11.6. The second-order valence-electron chi connectivity index (χ2n) is 6.68. The molecule has 1 saturated heterocycles. The number of fused-ring (bicyclic) bond motifs is 1. The summed E-state index contributed by atoms with van der Waals surface area (Å²) in [4.78, 5) is 19.8. The number of carbonyl (C=O) groups is 1. The van der Waals surface area contributed by atoms with Crippen LogP contribution in [0.3, 0.4) is 0 Å². The van der Waals surface area contributed by atoms with Crippen LogP contribution in [-0.2, 0) is 0 Å². The van der Waals surface area contributed by atoms with Crippen LogP contribution in [0.25, 0.3) is 0 Å². The molecule has 1 fully saturated rings. The monoisotopic (exact) mass is 342 g/mol. The highest BCUT2D eigenvalue weighted by Gasteiger charge is 2.42. The molecule has 5 nitrogen and oxygen atoms in total. The van der Waals surface area contributed by atoms with Gasteiger partial charge in [0, 0.05) is 0 Å². The van der Waals surface area contributed by atoms with E-state index in [9.17, 15) is 4.79 Å². The number of likely N-dealkylation sites (tertiary alicyclic amines) is 1. The first kappa shape index (κ1) is 15.8. The lowest BCUT2D eigenvalue weighted by Crippen LogP contribution is -2.41. The Bertz CT molecular complexity index is 749. The fourth-order valence-electron chi connectivity index (χ4n) is 3.64. The number of benzene rings is 1. The number of nitrogens with zero attached hydrogens (tertiary/aromatic N) is 4. The van der Waals surface area contributed by atoms with Gasteiger partial charge >= 0.3 is 0 Å². The highest BCUT2D eigenvalue weighted by atomic mass is 32.2. The van der Waals surface area contributed by atoms with Crippen LogP contribution >= 0.6 is 11.8 Å². The van der Waals surface area contributed by atoms with Crippen LogP contribution in [-0.4, -0.2) is 43.9 Å². The van der Waals surface area contributed by atoms with E-state index >= 15 is 0 Å². The Morgan fingerprint density at radius 2 is 1.83 bits per heavy atom. The topological polar surface area (TPSA) is 51.0 Å². The van der Waals surface area contributed by atoms with Crippen LogP contribution in [0.5, 0.6) is 0 Å². The molecule has 4 rings (SSSR count). The first-order valence-electron chi connectivity index (χ1n) is 8.58. The van der Waals surface area contributed by atoms with Crippen molar-refractivity contribution in [3.05, 3.63) is 41.2 Å². The molecule has 6 heteroatoms. The first-order valence-corrected chi connectivity index (χ1v) is 9.46. The van der Waals surface area contributed by atoms with E-state index in [4.69, 9.17) is 0 Å². The molecule has 24 heavy (non-hydrogen) atoms. The van der Waals surface area contributed by atoms with Gasteiger partial charge in [-0.25, -0.2) is 4.98 Å². The summed E-state index contributed by atoms with van der Waals surface area (Å²) in [6.45, 7) is 6.03. The Hall–Kier alpha value is -1.66. The lowest BCUT2D eigenvalue weighted by atomic mass is 9.97. The number of thioether (sulfide) groups is 1. The van der Waals surface area contributed by atoms with Crippen LogP contribution in [0.1, 0.15) is 47.1 Å². The molecule has 0 radical (unpaired) electrons. The zero-order chi connectivity index (χ0) is 16.7. The van der Waals surface area contributed by atoms with Gasteiger partial charge in [0.05, 0.1) is 6.04 Å². The highest BCUT2D eigenvalue weighted by molar-refractivity contribution is 8.00. The van der Waals surface area contributed by atoms with Crippen LogP contribution in [0.4, 0.5) is 0 Å². The average molecular weight is 342 g/mol. The quantitative estimate of drug-likeness (QED) is 0.857. The summed E-state index contributed by atoms with van der Waals surface area (Å²) in [7, 11) is 0. The molecule has 0 aliphatic carbocycles. The van der Waals surface area contributed by atoms with Crippen LogP contribution in [0, 0.1) is 13.8 Å². The van der Waals surface area contributed by atoms with Crippen LogP contribution in [0.2, 0.25) is 0 Å². The molecule has 3 heterocycles. The van der Waals surface area contributed by atoms with Crippen molar-refractivity contribution in [1.82, 2.24) is 19.7 Å². The number of aromatic nitrogens is 3. The molecule has 0 bridgehead atoms. The predicted molar refractivity (Wildman–Crippen MR) is 94.4 cm³/mol. The third-order valence-electron chi connectivity index (χ3n) is 4.86. The second kappa shape index (κ2) is 6.33. The van der Waals surface area contributed by atoms with Crippen molar-refractivity contribution in [3.63, 3.8) is 0 Å². The van der Waals surface area contributed by atoms with Crippen LogP contribution < -0.4 is 0 Å². The molecular formula is C18H22N4OS. The van der Waals surface area contributed by atoms with E-state index in [2.05, 4.69) is 46.2 Å². The van der Waals surface area contributed by atoms with Gasteiger partial charge in [-0.15, -0.1) is 5.10 Å². The maximum atomic E-state index is 12.9. The van der Waals surface area contributed by atoms with Crippen molar-refractivity contribution < 1.29 is 4.79 Å². The number of hydrogen-bond donors (Lipinski definition) is 0. The summed E-state index contributed by atoms with van der Waals surface area (Å²) < 4.78 is 1.50. The summed E-state index contributed by atoms with van der Waals surface area (Å²) in [5.41, 5.74) is 2.46.